The summed E-state index contributed by atoms with van der Waals surface area (Å²) < 4.78 is 3.37. The Bertz CT molecular complexity index is 949. The zero-order chi connectivity index (χ0) is 17.1. The zero-order valence-electron chi connectivity index (χ0n) is 12.4. The first-order valence-electron chi connectivity index (χ1n) is 6.66. The van der Waals surface area contributed by atoms with E-state index >= 15 is 0 Å². The number of halogens is 1. The molecule has 2 N–H and O–H groups in total. The summed E-state index contributed by atoms with van der Waals surface area (Å²) in [7, 11) is 0. The Hall–Kier alpha value is -3.33. The van der Waals surface area contributed by atoms with Crippen molar-refractivity contribution in [1.29, 1.82) is 0 Å². The van der Waals surface area contributed by atoms with Gasteiger partial charge in [0, 0.05) is 12.4 Å². The molecule has 0 saturated heterocycles. The van der Waals surface area contributed by atoms with Crippen LogP contribution in [0.25, 0.3) is 34.7 Å². The van der Waals surface area contributed by atoms with Crippen molar-refractivity contribution >= 4 is 52.1 Å². The topological polar surface area (TPSA) is 113 Å². The lowest BCUT2D eigenvalue weighted by Crippen LogP contribution is -1.93. The third kappa shape index (κ3) is 2.68. The lowest BCUT2D eigenvalue weighted by atomic mass is 10.5. The van der Waals surface area contributed by atoms with E-state index in [2.05, 4.69) is 43.1 Å². The van der Waals surface area contributed by atoms with Crippen LogP contribution in [0.1, 0.15) is 0 Å². The molecule has 120 valence electrons. The minimum atomic E-state index is 0.362. The number of aromatic nitrogens is 8. The summed E-state index contributed by atoms with van der Waals surface area (Å²) in [6, 6.07) is 0. The zero-order valence-corrected chi connectivity index (χ0v) is 13.2. The fourth-order valence-corrected chi connectivity index (χ4v) is 2.14. The quantitative estimate of drug-likeness (QED) is 0.555. The van der Waals surface area contributed by atoms with Gasteiger partial charge in [0.1, 0.15) is 30.8 Å². The monoisotopic (exact) mass is 341 g/mol. The molecule has 0 saturated carbocycles. The molecule has 24 heavy (non-hydrogen) atoms. The summed E-state index contributed by atoms with van der Waals surface area (Å²) >= 11 is 5.77. The molecule has 0 aliphatic rings. The van der Waals surface area contributed by atoms with Gasteiger partial charge >= 0.3 is 0 Å². The van der Waals surface area contributed by atoms with Gasteiger partial charge in [-0.25, -0.2) is 29.9 Å². The molecule has 0 spiro atoms. The van der Waals surface area contributed by atoms with Crippen molar-refractivity contribution in [2.75, 3.05) is 5.73 Å². The van der Waals surface area contributed by atoms with E-state index in [-0.39, 0.29) is 0 Å². The number of nitrogens with zero attached hydrogens (tertiary/aromatic N) is 8. The maximum atomic E-state index is 5.77. The standard InChI is InChI=1S/C7H5ClN4.C7H7N5/c2*1-2-12-4-11-5-6(8)9-3-10-7(5)12/h2-4H,1H2;2-4H,1H2,(H2,8,9,10). The summed E-state index contributed by atoms with van der Waals surface area (Å²) in [6.45, 7) is 7.21. The van der Waals surface area contributed by atoms with Gasteiger partial charge in [-0.15, -0.1) is 0 Å². The van der Waals surface area contributed by atoms with Crippen LogP contribution in [-0.2, 0) is 0 Å². The first-order valence-corrected chi connectivity index (χ1v) is 7.04. The Morgan fingerprint density at radius 3 is 2.00 bits per heavy atom. The van der Waals surface area contributed by atoms with Gasteiger partial charge in [0.15, 0.2) is 27.8 Å². The average molecular weight is 342 g/mol. The van der Waals surface area contributed by atoms with Crippen molar-refractivity contribution in [3.63, 3.8) is 0 Å². The number of hydrogen-bond acceptors (Lipinski definition) is 7. The largest absolute Gasteiger partial charge is 0.382 e. The van der Waals surface area contributed by atoms with Crippen LogP contribution in [0.2, 0.25) is 5.15 Å². The summed E-state index contributed by atoms with van der Waals surface area (Å²) in [5.41, 5.74) is 8.12. The van der Waals surface area contributed by atoms with Crippen LogP contribution in [0.3, 0.4) is 0 Å². The van der Waals surface area contributed by atoms with Gasteiger partial charge in [-0.1, -0.05) is 24.8 Å². The van der Waals surface area contributed by atoms with Crippen molar-refractivity contribution in [3.05, 3.63) is 43.6 Å². The third-order valence-corrected chi connectivity index (χ3v) is 3.37. The van der Waals surface area contributed by atoms with Crippen molar-refractivity contribution < 1.29 is 0 Å². The van der Waals surface area contributed by atoms with Crippen LogP contribution in [0.4, 0.5) is 5.82 Å². The molecule has 0 radical (unpaired) electrons. The highest BCUT2D eigenvalue weighted by Crippen LogP contribution is 2.16. The van der Waals surface area contributed by atoms with Crippen LogP contribution >= 0.6 is 11.6 Å². The minimum absolute atomic E-state index is 0.362. The molecular formula is C14H12ClN9. The Morgan fingerprint density at radius 1 is 0.833 bits per heavy atom. The van der Waals surface area contributed by atoms with E-state index in [1.54, 1.807) is 34.2 Å². The average Bonchev–Trinajstić information content (AvgIpc) is 3.20. The Kier molecular flexibility index (Phi) is 4.17. The molecule has 0 aromatic carbocycles. The van der Waals surface area contributed by atoms with Gasteiger partial charge in [0.05, 0.1) is 0 Å². The first kappa shape index (κ1) is 15.6. The Labute approximate surface area is 141 Å². The Balaban J connectivity index is 0.000000141. The van der Waals surface area contributed by atoms with Crippen LogP contribution in [0.15, 0.2) is 38.5 Å². The van der Waals surface area contributed by atoms with Crippen LogP contribution in [0.5, 0.6) is 0 Å². The molecule has 10 heteroatoms. The van der Waals surface area contributed by atoms with Gasteiger partial charge < -0.3 is 5.73 Å². The molecule has 0 bridgehead atoms. The predicted octanol–water partition coefficient (Wildman–Crippen LogP) is 2.09. The highest BCUT2D eigenvalue weighted by molar-refractivity contribution is 6.33. The molecule has 0 aliphatic carbocycles. The lowest BCUT2D eigenvalue weighted by molar-refractivity contribution is 1.13. The van der Waals surface area contributed by atoms with Crippen LogP contribution < -0.4 is 5.73 Å². The predicted molar refractivity (Wildman–Crippen MR) is 92.8 cm³/mol. The number of fused-ring (bicyclic) bond motifs is 2. The first-order chi connectivity index (χ1) is 11.7. The van der Waals surface area contributed by atoms with Gasteiger partial charge in [-0.3, -0.25) is 9.13 Å². The second kappa shape index (κ2) is 6.42. The molecular weight excluding hydrogens is 330 g/mol. The number of anilines is 1. The van der Waals surface area contributed by atoms with E-state index in [9.17, 15) is 0 Å². The summed E-state index contributed by atoms with van der Waals surface area (Å²) in [5.74, 6) is 0.389. The summed E-state index contributed by atoms with van der Waals surface area (Å²) in [4.78, 5) is 23.7. The molecule has 9 nitrogen and oxygen atoms in total. The second-order valence-corrected chi connectivity index (χ2v) is 4.79. The maximum absolute atomic E-state index is 5.77. The number of nitrogens with two attached hydrogens (primary N) is 1. The fourth-order valence-electron chi connectivity index (χ4n) is 1.96. The number of rotatable bonds is 2. The van der Waals surface area contributed by atoms with Crippen molar-refractivity contribution in [3.8, 4) is 0 Å². The summed E-state index contributed by atoms with van der Waals surface area (Å²) in [5, 5.41) is 0.362. The number of hydrogen-bond donors (Lipinski definition) is 1. The molecule has 4 rings (SSSR count). The summed E-state index contributed by atoms with van der Waals surface area (Å²) in [6.07, 6.45) is 9.22. The molecule has 0 amide bonds. The normalized spacial score (nSPS) is 10.4. The smallest absolute Gasteiger partial charge is 0.169 e. The lowest BCUT2D eigenvalue weighted by Gasteiger charge is -1.93. The van der Waals surface area contributed by atoms with E-state index in [0.717, 1.165) is 0 Å². The molecule has 4 aromatic heterocycles. The maximum Gasteiger partial charge on any atom is 0.169 e. The van der Waals surface area contributed by atoms with Crippen molar-refractivity contribution in [1.82, 2.24) is 39.0 Å². The van der Waals surface area contributed by atoms with Gasteiger partial charge in [-0.2, -0.15) is 0 Å². The molecule has 0 unspecified atom stereocenters. The van der Waals surface area contributed by atoms with E-state index in [0.29, 0.717) is 33.3 Å². The van der Waals surface area contributed by atoms with Crippen LogP contribution in [-0.4, -0.2) is 39.0 Å². The molecule has 0 fully saturated rings. The van der Waals surface area contributed by atoms with Crippen molar-refractivity contribution in [2.45, 2.75) is 0 Å². The van der Waals surface area contributed by atoms with Gasteiger partial charge in [-0.05, 0) is 0 Å². The van der Waals surface area contributed by atoms with Crippen molar-refractivity contribution in [2.24, 2.45) is 0 Å². The van der Waals surface area contributed by atoms with E-state index in [4.69, 9.17) is 17.3 Å². The molecule has 4 aromatic rings. The van der Waals surface area contributed by atoms with Crippen LogP contribution in [0, 0.1) is 0 Å². The third-order valence-electron chi connectivity index (χ3n) is 3.09. The number of nitrogen functional groups attached to an aromatic ring is 1. The highest BCUT2D eigenvalue weighted by atomic mass is 35.5. The second-order valence-electron chi connectivity index (χ2n) is 4.44. The van der Waals surface area contributed by atoms with E-state index < -0.39 is 0 Å². The SMILES string of the molecule is C=Cn1cnc2c(Cl)ncnc21.C=Cn1cnc2c(N)ncnc21. The molecule has 0 atom stereocenters. The molecule has 0 aliphatic heterocycles. The Morgan fingerprint density at radius 2 is 1.38 bits per heavy atom. The molecule has 4 heterocycles. The minimum Gasteiger partial charge on any atom is -0.382 e. The number of imidazole rings is 2. The highest BCUT2D eigenvalue weighted by Gasteiger charge is 2.05. The van der Waals surface area contributed by atoms with E-state index in [1.807, 2.05) is 0 Å². The fraction of sp³-hybridized carbons (Fsp3) is 0. The van der Waals surface area contributed by atoms with Gasteiger partial charge in [0.25, 0.3) is 0 Å². The van der Waals surface area contributed by atoms with Gasteiger partial charge in [0.2, 0.25) is 0 Å². The van der Waals surface area contributed by atoms with E-state index in [1.165, 1.54) is 12.7 Å².